The summed E-state index contributed by atoms with van der Waals surface area (Å²) in [6.45, 7) is 5.86. The van der Waals surface area contributed by atoms with Gasteiger partial charge in [-0.2, -0.15) is 0 Å². The molecule has 0 atom stereocenters. The maximum Gasteiger partial charge on any atom is 0.264 e. The van der Waals surface area contributed by atoms with E-state index in [0.29, 0.717) is 5.69 Å². The third-order valence-electron chi connectivity index (χ3n) is 5.82. The first kappa shape index (κ1) is 25.3. The fraction of sp³-hybridized carbons (Fsp3) is 0.207. The van der Waals surface area contributed by atoms with Gasteiger partial charge in [-0.25, -0.2) is 8.42 Å². The van der Waals surface area contributed by atoms with Crippen LogP contribution in [-0.4, -0.2) is 34.0 Å². The summed E-state index contributed by atoms with van der Waals surface area (Å²) >= 11 is 0. The van der Waals surface area contributed by atoms with E-state index in [2.05, 4.69) is 5.32 Å². The van der Waals surface area contributed by atoms with Crippen molar-refractivity contribution in [2.24, 2.45) is 0 Å². The fourth-order valence-corrected chi connectivity index (χ4v) is 5.51. The van der Waals surface area contributed by atoms with E-state index in [9.17, 15) is 13.2 Å². The number of hydrogen-bond donors (Lipinski definition) is 1. The van der Waals surface area contributed by atoms with E-state index < -0.39 is 15.9 Å². The minimum absolute atomic E-state index is 0.138. The molecule has 0 aliphatic carbocycles. The molecule has 0 bridgehead atoms. The molecule has 0 aliphatic rings. The Morgan fingerprint density at radius 2 is 1.50 bits per heavy atom. The number of amides is 1. The molecule has 186 valence electrons. The van der Waals surface area contributed by atoms with Gasteiger partial charge in [-0.3, -0.25) is 9.10 Å². The Labute approximate surface area is 212 Å². The van der Waals surface area contributed by atoms with Crippen LogP contribution in [0.3, 0.4) is 0 Å². The third-order valence-corrected chi connectivity index (χ3v) is 7.61. The number of benzene rings is 4. The summed E-state index contributed by atoms with van der Waals surface area (Å²) in [4.78, 5) is 13.0. The van der Waals surface area contributed by atoms with E-state index in [1.807, 2.05) is 69.3 Å². The van der Waals surface area contributed by atoms with E-state index in [1.165, 1.54) is 4.31 Å². The maximum absolute atomic E-state index is 13.6. The molecule has 36 heavy (non-hydrogen) atoms. The highest BCUT2D eigenvalue weighted by Gasteiger charge is 2.27. The molecule has 4 aromatic carbocycles. The predicted octanol–water partition coefficient (Wildman–Crippen LogP) is 5.16. The van der Waals surface area contributed by atoms with Crippen molar-refractivity contribution < 1.29 is 17.9 Å². The summed E-state index contributed by atoms with van der Waals surface area (Å²) < 4.78 is 34.2. The lowest BCUT2D eigenvalue weighted by atomic mass is 10.1. The minimum atomic E-state index is -3.96. The van der Waals surface area contributed by atoms with Crippen molar-refractivity contribution in [3.05, 3.63) is 102 Å². The molecule has 0 saturated heterocycles. The highest BCUT2D eigenvalue weighted by molar-refractivity contribution is 7.92. The molecule has 0 aromatic heterocycles. The topological polar surface area (TPSA) is 75.7 Å². The van der Waals surface area contributed by atoms with Gasteiger partial charge in [0.25, 0.3) is 10.0 Å². The largest absolute Gasteiger partial charge is 0.491 e. The molecule has 0 fully saturated rings. The number of nitrogens with one attached hydrogen (secondary N) is 1. The van der Waals surface area contributed by atoms with Gasteiger partial charge in [-0.05, 0) is 67.6 Å². The molecule has 0 aliphatic heterocycles. The number of carbonyl (C=O) groups is 1. The van der Waals surface area contributed by atoms with Gasteiger partial charge >= 0.3 is 0 Å². The normalized spacial score (nSPS) is 11.3. The Kier molecular flexibility index (Phi) is 7.60. The average Bonchev–Trinajstić information content (AvgIpc) is 2.85. The SMILES string of the molecule is Cc1ccc(S(=O)(=O)N(CC(=O)NCCOc2cccc3ccccc23)c2cc(C)cc(C)c2)cc1. The van der Waals surface area contributed by atoms with Crippen LogP contribution in [0.5, 0.6) is 5.75 Å². The number of fused-ring (bicyclic) bond motifs is 1. The molecule has 1 amide bonds. The molecular weight excluding hydrogens is 472 g/mol. The number of hydrogen-bond acceptors (Lipinski definition) is 4. The summed E-state index contributed by atoms with van der Waals surface area (Å²) in [7, 11) is -3.96. The lowest BCUT2D eigenvalue weighted by molar-refractivity contribution is -0.119. The highest BCUT2D eigenvalue weighted by atomic mass is 32.2. The summed E-state index contributed by atoms with van der Waals surface area (Å²) in [5.41, 5.74) is 3.24. The summed E-state index contributed by atoms with van der Waals surface area (Å²) in [6, 6.07) is 25.9. The smallest absolute Gasteiger partial charge is 0.264 e. The molecule has 6 nitrogen and oxygen atoms in total. The quantitative estimate of drug-likeness (QED) is 0.321. The Morgan fingerprint density at radius 3 is 2.22 bits per heavy atom. The van der Waals surface area contributed by atoms with Crippen molar-refractivity contribution in [2.45, 2.75) is 25.7 Å². The van der Waals surface area contributed by atoms with Gasteiger partial charge in [0.05, 0.1) is 17.1 Å². The Hall–Kier alpha value is -3.84. The first-order valence-corrected chi connectivity index (χ1v) is 13.2. The van der Waals surface area contributed by atoms with Gasteiger partial charge in [-0.1, -0.05) is 60.2 Å². The van der Waals surface area contributed by atoms with Crippen LogP contribution in [-0.2, 0) is 14.8 Å². The number of anilines is 1. The van der Waals surface area contributed by atoms with Gasteiger partial charge in [0.15, 0.2) is 0 Å². The number of ether oxygens (including phenoxy) is 1. The summed E-state index contributed by atoms with van der Waals surface area (Å²) in [5, 5.41) is 4.86. The molecule has 1 N–H and O–H groups in total. The number of nitrogens with zero attached hydrogens (tertiary/aromatic N) is 1. The zero-order valence-corrected chi connectivity index (χ0v) is 21.5. The summed E-state index contributed by atoms with van der Waals surface area (Å²) in [6.07, 6.45) is 0. The Bertz CT molecular complexity index is 1460. The molecule has 0 radical (unpaired) electrons. The zero-order valence-electron chi connectivity index (χ0n) is 20.7. The summed E-state index contributed by atoms with van der Waals surface area (Å²) in [5.74, 6) is 0.326. The zero-order chi connectivity index (χ0) is 25.7. The monoisotopic (exact) mass is 502 g/mol. The fourth-order valence-electron chi connectivity index (χ4n) is 4.11. The van der Waals surface area contributed by atoms with Crippen molar-refractivity contribution in [3.8, 4) is 5.75 Å². The predicted molar refractivity (Wildman–Crippen MR) is 144 cm³/mol. The Balaban J connectivity index is 1.47. The second-order valence-electron chi connectivity index (χ2n) is 8.85. The van der Waals surface area contributed by atoms with Gasteiger partial charge < -0.3 is 10.1 Å². The molecule has 0 unspecified atom stereocenters. The van der Waals surface area contributed by atoms with Crippen LogP contribution >= 0.6 is 0 Å². The van der Waals surface area contributed by atoms with Gasteiger partial charge in [0.2, 0.25) is 5.91 Å². The van der Waals surface area contributed by atoms with Gasteiger partial charge in [0, 0.05) is 5.39 Å². The van der Waals surface area contributed by atoms with Crippen LogP contribution in [0.25, 0.3) is 10.8 Å². The second kappa shape index (κ2) is 10.8. The second-order valence-corrected chi connectivity index (χ2v) is 10.7. The number of sulfonamides is 1. The highest BCUT2D eigenvalue weighted by Crippen LogP contribution is 2.27. The minimum Gasteiger partial charge on any atom is -0.491 e. The lowest BCUT2D eigenvalue weighted by Crippen LogP contribution is -2.42. The van der Waals surface area contributed by atoms with E-state index in [-0.39, 0.29) is 24.6 Å². The Morgan fingerprint density at radius 1 is 0.833 bits per heavy atom. The van der Waals surface area contributed by atoms with E-state index in [0.717, 1.165) is 33.2 Å². The van der Waals surface area contributed by atoms with Crippen LogP contribution in [0.4, 0.5) is 5.69 Å². The van der Waals surface area contributed by atoms with E-state index in [4.69, 9.17) is 4.74 Å². The first-order valence-electron chi connectivity index (χ1n) is 11.8. The van der Waals surface area contributed by atoms with Crippen LogP contribution < -0.4 is 14.4 Å². The molecular formula is C29H30N2O4S. The molecule has 4 rings (SSSR count). The molecule has 0 spiro atoms. The van der Waals surface area contributed by atoms with Crippen LogP contribution in [0.15, 0.2) is 89.8 Å². The van der Waals surface area contributed by atoms with Crippen LogP contribution in [0.2, 0.25) is 0 Å². The van der Waals surface area contributed by atoms with Gasteiger partial charge in [0.1, 0.15) is 18.9 Å². The van der Waals surface area contributed by atoms with Crippen molar-refractivity contribution in [3.63, 3.8) is 0 Å². The van der Waals surface area contributed by atoms with E-state index >= 15 is 0 Å². The lowest BCUT2D eigenvalue weighted by Gasteiger charge is -2.25. The maximum atomic E-state index is 13.6. The molecule has 4 aromatic rings. The number of aryl methyl sites for hydroxylation is 3. The van der Waals surface area contributed by atoms with Crippen LogP contribution in [0, 0.1) is 20.8 Å². The molecule has 7 heteroatoms. The van der Waals surface area contributed by atoms with Crippen molar-refractivity contribution >= 4 is 32.4 Å². The first-order chi connectivity index (χ1) is 17.2. The van der Waals surface area contributed by atoms with Crippen LogP contribution in [0.1, 0.15) is 16.7 Å². The van der Waals surface area contributed by atoms with Crippen molar-refractivity contribution in [2.75, 3.05) is 24.0 Å². The number of rotatable bonds is 9. The average molecular weight is 503 g/mol. The third kappa shape index (κ3) is 5.86. The molecule has 0 saturated carbocycles. The van der Waals surface area contributed by atoms with Crippen molar-refractivity contribution in [1.82, 2.24) is 5.32 Å². The van der Waals surface area contributed by atoms with Gasteiger partial charge in [-0.15, -0.1) is 0 Å². The standard InChI is InChI=1S/C29H30N2O4S/c1-21-11-13-26(14-12-21)36(33,34)31(25-18-22(2)17-23(3)19-25)20-29(32)30-15-16-35-28-10-6-8-24-7-4-5-9-27(24)28/h4-14,17-19H,15-16,20H2,1-3H3,(H,30,32). The molecule has 0 heterocycles. The number of carbonyl (C=O) groups excluding carboxylic acids is 1. The van der Waals surface area contributed by atoms with Crippen molar-refractivity contribution in [1.29, 1.82) is 0 Å². The van der Waals surface area contributed by atoms with E-state index in [1.54, 1.807) is 36.4 Å².